The fraction of sp³-hybridized carbons (Fsp3) is 0.462. The van der Waals surface area contributed by atoms with Crippen LogP contribution in [0.4, 0.5) is 10.5 Å². The van der Waals surface area contributed by atoms with Gasteiger partial charge in [0.25, 0.3) is 0 Å². The Kier molecular flexibility index (Phi) is 6.70. The molecular weight excluding hydrogens is 248 g/mol. The van der Waals surface area contributed by atoms with Crippen LogP contribution in [-0.4, -0.2) is 56.6 Å². The largest absolute Gasteiger partial charge is 0.492 e. The van der Waals surface area contributed by atoms with Crippen molar-refractivity contribution in [3.8, 4) is 5.75 Å². The number of carbonyl (C=O) groups is 1. The maximum Gasteiger partial charge on any atom is 0.411 e. The first kappa shape index (κ1) is 15.3. The summed E-state index contributed by atoms with van der Waals surface area (Å²) >= 11 is 0. The second-order valence-corrected chi connectivity index (χ2v) is 4.16. The molecule has 0 radical (unpaired) electrons. The summed E-state index contributed by atoms with van der Waals surface area (Å²) in [6.45, 7) is 1.17. The maximum atomic E-state index is 11.3. The molecular formula is C13H20N2O4. The number of nitrogens with one attached hydrogen (secondary N) is 1. The molecule has 0 aliphatic rings. The van der Waals surface area contributed by atoms with E-state index in [4.69, 9.17) is 14.6 Å². The molecule has 0 atom stereocenters. The van der Waals surface area contributed by atoms with Gasteiger partial charge in [0.2, 0.25) is 0 Å². The van der Waals surface area contributed by atoms with Gasteiger partial charge in [-0.1, -0.05) is 6.07 Å². The highest BCUT2D eigenvalue weighted by Crippen LogP contribution is 2.17. The van der Waals surface area contributed by atoms with Gasteiger partial charge in [0.15, 0.2) is 0 Å². The first-order valence-electron chi connectivity index (χ1n) is 6.04. The summed E-state index contributed by atoms with van der Waals surface area (Å²) in [5.74, 6) is 0.682. The van der Waals surface area contributed by atoms with Gasteiger partial charge >= 0.3 is 6.09 Å². The minimum atomic E-state index is -0.598. The lowest BCUT2D eigenvalue weighted by atomic mass is 10.3. The van der Waals surface area contributed by atoms with E-state index in [0.29, 0.717) is 18.0 Å². The zero-order valence-corrected chi connectivity index (χ0v) is 11.3. The normalized spacial score (nSPS) is 10.3. The smallest absolute Gasteiger partial charge is 0.411 e. The average molecular weight is 268 g/mol. The van der Waals surface area contributed by atoms with Crippen molar-refractivity contribution in [2.45, 2.75) is 0 Å². The van der Waals surface area contributed by atoms with Crippen LogP contribution in [0.1, 0.15) is 0 Å². The van der Waals surface area contributed by atoms with Crippen LogP contribution < -0.4 is 10.1 Å². The second kappa shape index (κ2) is 8.34. The molecule has 6 nitrogen and oxygen atoms in total. The zero-order chi connectivity index (χ0) is 14.1. The Labute approximate surface area is 112 Å². The Morgan fingerprint density at radius 1 is 1.37 bits per heavy atom. The van der Waals surface area contributed by atoms with Gasteiger partial charge in [-0.05, 0) is 26.2 Å². The zero-order valence-electron chi connectivity index (χ0n) is 11.3. The van der Waals surface area contributed by atoms with Crippen molar-refractivity contribution >= 4 is 11.8 Å². The number of ether oxygens (including phenoxy) is 2. The monoisotopic (exact) mass is 268 g/mol. The molecule has 6 heteroatoms. The Bertz CT molecular complexity index is 396. The molecule has 106 valence electrons. The fourth-order valence-corrected chi connectivity index (χ4v) is 1.30. The molecule has 0 aromatic heterocycles. The van der Waals surface area contributed by atoms with Crippen molar-refractivity contribution in [2.75, 3.05) is 45.8 Å². The van der Waals surface area contributed by atoms with Crippen molar-refractivity contribution in [1.82, 2.24) is 4.90 Å². The number of anilines is 1. The minimum Gasteiger partial charge on any atom is -0.492 e. The lowest BCUT2D eigenvalue weighted by molar-refractivity contribution is 0.131. The first-order valence-corrected chi connectivity index (χ1v) is 6.04. The van der Waals surface area contributed by atoms with Gasteiger partial charge in [-0.25, -0.2) is 4.79 Å². The molecule has 1 aromatic rings. The SMILES string of the molecule is CN(C)CCOc1cccc(NC(=O)OCCO)c1. The summed E-state index contributed by atoms with van der Waals surface area (Å²) in [7, 11) is 3.94. The number of amides is 1. The average Bonchev–Trinajstić information content (AvgIpc) is 2.36. The van der Waals surface area contributed by atoms with E-state index in [-0.39, 0.29) is 13.2 Å². The third kappa shape index (κ3) is 6.64. The van der Waals surface area contributed by atoms with E-state index >= 15 is 0 Å². The number of carbonyl (C=O) groups excluding carboxylic acids is 1. The van der Waals surface area contributed by atoms with Crippen molar-refractivity contribution in [3.05, 3.63) is 24.3 Å². The Morgan fingerprint density at radius 2 is 2.16 bits per heavy atom. The van der Waals surface area contributed by atoms with Gasteiger partial charge in [0, 0.05) is 18.3 Å². The number of nitrogens with zero attached hydrogens (tertiary/aromatic N) is 1. The highest BCUT2D eigenvalue weighted by Gasteiger charge is 2.03. The van der Waals surface area contributed by atoms with Gasteiger partial charge in [-0.3, -0.25) is 5.32 Å². The van der Waals surface area contributed by atoms with Crippen molar-refractivity contribution in [1.29, 1.82) is 0 Å². The molecule has 0 aliphatic carbocycles. The lowest BCUT2D eigenvalue weighted by Crippen LogP contribution is -2.19. The highest BCUT2D eigenvalue weighted by molar-refractivity contribution is 5.84. The van der Waals surface area contributed by atoms with Crippen LogP contribution >= 0.6 is 0 Å². The van der Waals surface area contributed by atoms with E-state index in [0.717, 1.165) is 6.54 Å². The highest BCUT2D eigenvalue weighted by atomic mass is 16.6. The third-order valence-electron chi connectivity index (χ3n) is 2.21. The predicted octanol–water partition coefficient (Wildman–Crippen LogP) is 1.17. The van der Waals surface area contributed by atoms with E-state index < -0.39 is 6.09 Å². The van der Waals surface area contributed by atoms with Crippen LogP contribution in [0.15, 0.2) is 24.3 Å². The van der Waals surface area contributed by atoms with Crippen molar-refractivity contribution < 1.29 is 19.4 Å². The van der Waals surface area contributed by atoms with Crippen LogP contribution in [0.2, 0.25) is 0 Å². The number of aliphatic hydroxyl groups is 1. The van der Waals surface area contributed by atoms with Crippen LogP contribution in [0.5, 0.6) is 5.75 Å². The maximum absolute atomic E-state index is 11.3. The molecule has 0 unspecified atom stereocenters. The third-order valence-corrected chi connectivity index (χ3v) is 2.21. The summed E-state index contributed by atoms with van der Waals surface area (Å²) in [6.07, 6.45) is -0.598. The quantitative estimate of drug-likeness (QED) is 0.776. The van der Waals surface area contributed by atoms with Crippen molar-refractivity contribution in [2.24, 2.45) is 0 Å². The number of hydrogen-bond donors (Lipinski definition) is 2. The van der Waals surface area contributed by atoms with Gasteiger partial charge in [0.1, 0.15) is 19.0 Å². The van der Waals surface area contributed by atoms with Crippen LogP contribution in [0.3, 0.4) is 0 Å². The topological polar surface area (TPSA) is 71.0 Å². The van der Waals surface area contributed by atoms with E-state index in [1.165, 1.54) is 0 Å². The number of aliphatic hydroxyl groups excluding tert-OH is 1. The van der Waals surface area contributed by atoms with Gasteiger partial charge in [-0.2, -0.15) is 0 Å². The van der Waals surface area contributed by atoms with E-state index in [2.05, 4.69) is 5.32 Å². The molecule has 2 N–H and O–H groups in total. The van der Waals surface area contributed by atoms with Crippen LogP contribution in [0, 0.1) is 0 Å². The van der Waals surface area contributed by atoms with Crippen molar-refractivity contribution in [3.63, 3.8) is 0 Å². The second-order valence-electron chi connectivity index (χ2n) is 4.16. The summed E-state index contributed by atoms with van der Waals surface area (Å²) < 4.78 is 10.2. The van der Waals surface area contributed by atoms with E-state index in [1.54, 1.807) is 18.2 Å². The number of likely N-dealkylation sites (N-methyl/N-ethyl adjacent to an activating group) is 1. The molecule has 19 heavy (non-hydrogen) atoms. The molecule has 1 aromatic carbocycles. The molecule has 0 aliphatic heterocycles. The first-order chi connectivity index (χ1) is 9.11. The standard InChI is InChI=1S/C13H20N2O4/c1-15(2)6-8-18-12-5-3-4-11(10-12)14-13(17)19-9-7-16/h3-5,10,16H,6-9H2,1-2H3,(H,14,17). The lowest BCUT2D eigenvalue weighted by Gasteiger charge is -2.12. The number of benzene rings is 1. The van der Waals surface area contributed by atoms with E-state index in [9.17, 15) is 4.79 Å². The van der Waals surface area contributed by atoms with Crippen LogP contribution in [0.25, 0.3) is 0 Å². The van der Waals surface area contributed by atoms with Gasteiger partial charge in [0.05, 0.1) is 6.61 Å². The Hall–Kier alpha value is -1.79. The van der Waals surface area contributed by atoms with Gasteiger partial charge < -0.3 is 19.5 Å². The number of hydrogen-bond acceptors (Lipinski definition) is 5. The van der Waals surface area contributed by atoms with Crippen LogP contribution in [-0.2, 0) is 4.74 Å². The molecule has 0 heterocycles. The summed E-state index contributed by atoms with van der Waals surface area (Å²) in [5.41, 5.74) is 0.588. The Morgan fingerprint density at radius 3 is 2.84 bits per heavy atom. The summed E-state index contributed by atoms with van der Waals surface area (Å²) in [4.78, 5) is 13.3. The number of rotatable bonds is 7. The minimum absolute atomic E-state index is 0.0230. The summed E-state index contributed by atoms with van der Waals surface area (Å²) in [6, 6.07) is 7.06. The van der Waals surface area contributed by atoms with Gasteiger partial charge in [-0.15, -0.1) is 0 Å². The van der Waals surface area contributed by atoms with E-state index in [1.807, 2.05) is 25.1 Å². The molecule has 0 saturated carbocycles. The predicted molar refractivity (Wildman–Crippen MR) is 72.5 cm³/mol. The molecule has 0 spiro atoms. The summed E-state index contributed by atoms with van der Waals surface area (Å²) in [5, 5.41) is 11.1. The molecule has 1 amide bonds. The molecule has 0 bridgehead atoms. The molecule has 0 saturated heterocycles. The molecule has 0 fully saturated rings. The Balaban J connectivity index is 2.45. The molecule has 1 rings (SSSR count). The fourth-order valence-electron chi connectivity index (χ4n) is 1.30.